The monoisotopic (exact) mass is 246 g/mol. The number of hydrogen-bond donors (Lipinski definition) is 1. The van der Waals surface area contributed by atoms with Crippen molar-refractivity contribution in [2.45, 2.75) is 38.6 Å². The maximum absolute atomic E-state index is 5.69. The fourth-order valence-corrected chi connectivity index (χ4v) is 1.72. The van der Waals surface area contributed by atoms with Gasteiger partial charge >= 0.3 is 0 Å². The number of rotatable bonds is 6. The second-order valence-corrected chi connectivity index (χ2v) is 4.51. The average molecular weight is 246 g/mol. The summed E-state index contributed by atoms with van der Waals surface area (Å²) in [5.41, 5.74) is 6.77. The molecule has 5 heteroatoms. The molecule has 2 aromatic rings. The molecule has 0 saturated carbocycles. The van der Waals surface area contributed by atoms with Gasteiger partial charge in [-0.25, -0.2) is 0 Å². The first kappa shape index (κ1) is 12.7. The van der Waals surface area contributed by atoms with Gasteiger partial charge in [-0.2, -0.15) is 4.98 Å². The molecule has 0 amide bonds. The summed E-state index contributed by atoms with van der Waals surface area (Å²) in [4.78, 5) is 8.41. The molecule has 1 atom stereocenters. The molecule has 0 bridgehead atoms. The largest absolute Gasteiger partial charge is 0.339 e. The van der Waals surface area contributed by atoms with E-state index in [0.29, 0.717) is 18.1 Å². The molecule has 0 aromatic carbocycles. The van der Waals surface area contributed by atoms with E-state index < -0.39 is 0 Å². The summed E-state index contributed by atoms with van der Waals surface area (Å²) >= 11 is 0. The summed E-state index contributed by atoms with van der Waals surface area (Å²) in [6.45, 7) is 2.00. The van der Waals surface area contributed by atoms with E-state index in [4.69, 9.17) is 10.3 Å². The Morgan fingerprint density at radius 1 is 1.44 bits per heavy atom. The van der Waals surface area contributed by atoms with Crippen LogP contribution in [0.3, 0.4) is 0 Å². The molecular weight excluding hydrogens is 228 g/mol. The van der Waals surface area contributed by atoms with E-state index >= 15 is 0 Å². The maximum Gasteiger partial charge on any atom is 0.226 e. The Morgan fingerprint density at radius 3 is 3.06 bits per heavy atom. The first-order valence-corrected chi connectivity index (χ1v) is 6.20. The van der Waals surface area contributed by atoms with Crippen LogP contribution in [0.5, 0.6) is 0 Å². The second-order valence-electron chi connectivity index (χ2n) is 4.51. The minimum Gasteiger partial charge on any atom is -0.339 e. The molecule has 0 saturated heterocycles. The minimum atomic E-state index is 0.225. The fourth-order valence-electron chi connectivity index (χ4n) is 1.72. The van der Waals surface area contributed by atoms with E-state index in [2.05, 4.69) is 15.1 Å². The van der Waals surface area contributed by atoms with Gasteiger partial charge < -0.3 is 10.3 Å². The van der Waals surface area contributed by atoms with Crippen molar-refractivity contribution in [3.8, 4) is 0 Å². The minimum absolute atomic E-state index is 0.225. The van der Waals surface area contributed by atoms with Gasteiger partial charge in [-0.3, -0.25) is 4.98 Å². The summed E-state index contributed by atoms with van der Waals surface area (Å²) in [5, 5.41) is 3.96. The lowest BCUT2D eigenvalue weighted by atomic mass is 10.1. The highest BCUT2D eigenvalue weighted by Crippen LogP contribution is 2.08. The van der Waals surface area contributed by atoms with Gasteiger partial charge in [-0.05, 0) is 31.4 Å². The van der Waals surface area contributed by atoms with Crippen LogP contribution in [0.2, 0.25) is 0 Å². The summed E-state index contributed by atoms with van der Waals surface area (Å²) in [6.07, 6.45) is 6.96. The van der Waals surface area contributed by atoms with Crippen LogP contribution in [-0.2, 0) is 12.8 Å². The van der Waals surface area contributed by atoms with E-state index in [9.17, 15) is 0 Å². The lowest BCUT2D eigenvalue weighted by Crippen LogP contribution is -2.14. The topological polar surface area (TPSA) is 77.8 Å². The number of nitrogens with zero attached hydrogens (tertiary/aromatic N) is 3. The molecule has 0 fully saturated rings. The quantitative estimate of drug-likeness (QED) is 0.839. The number of aromatic nitrogens is 3. The van der Waals surface area contributed by atoms with Gasteiger partial charge in [-0.1, -0.05) is 11.2 Å². The molecule has 5 nitrogen and oxygen atoms in total. The molecule has 2 heterocycles. The van der Waals surface area contributed by atoms with Crippen LogP contribution < -0.4 is 5.73 Å². The maximum atomic E-state index is 5.69. The smallest absolute Gasteiger partial charge is 0.226 e. The third kappa shape index (κ3) is 3.92. The molecule has 0 aliphatic heterocycles. The van der Waals surface area contributed by atoms with Gasteiger partial charge in [-0.15, -0.1) is 0 Å². The van der Waals surface area contributed by atoms with Crippen molar-refractivity contribution in [2.24, 2.45) is 5.73 Å². The Hall–Kier alpha value is -1.75. The molecule has 1 unspecified atom stereocenters. The molecule has 0 aliphatic carbocycles. The predicted molar refractivity (Wildman–Crippen MR) is 67.9 cm³/mol. The molecule has 0 radical (unpaired) electrons. The van der Waals surface area contributed by atoms with E-state index in [0.717, 1.165) is 24.8 Å². The zero-order valence-corrected chi connectivity index (χ0v) is 10.5. The van der Waals surface area contributed by atoms with Gasteiger partial charge in [0, 0.05) is 31.3 Å². The third-order valence-electron chi connectivity index (χ3n) is 2.65. The van der Waals surface area contributed by atoms with Crippen LogP contribution in [0, 0.1) is 0 Å². The van der Waals surface area contributed by atoms with Crippen molar-refractivity contribution in [1.29, 1.82) is 0 Å². The molecule has 2 rings (SSSR count). The summed E-state index contributed by atoms with van der Waals surface area (Å²) in [5.74, 6) is 1.40. The molecule has 2 aromatic heterocycles. The molecule has 0 spiro atoms. The van der Waals surface area contributed by atoms with E-state index in [1.54, 1.807) is 6.20 Å². The van der Waals surface area contributed by atoms with Gasteiger partial charge in [0.25, 0.3) is 0 Å². The fraction of sp³-hybridized carbons (Fsp3) is 0.462. The standard InChI is InChI=1S/C13H18N4O/c1-10(14)4-2-6-13-16-12(17-18-13)8-11-5-3-7-15-9-11/h3,5,7,9-10H,2,4,6,8,14H2,1H3. The Labute approximate surface area is 106 Å². The van der Waals surface area contributed by atoms with Crippen LogP contribution in [0.25, 0.3) is 0 Å². The number of nitrogens with two attached hydrogens (primary N) is 1. The van der Waals surface area contributed by atoms with Crippen molar-refractivity contribution in [1.82, 2.24) is 15.1 Å². The van der Waals surface area contributed by atoms with Crippen LogP contribution in [0.15, 0.2) is 29.0 Å². The average Bonchev–Trinajstić information content (AvgIpc) is 2.78. The highest BCUT2D eigenvalue weighted by molar-refractivity contribution is 5.13. The van der Waals surface area contributed by atoms with Gasteiger partial charge in [0.2, 0.25) is 5.89 Å². The molecule has 96 valence electrons. The highest BCUT2D eigenvalue weighted by Gasteiger charge is 2.07. The molecule has 0 aliphatic rings. The Morgan fingerprint density at radius 2 is 2.33 bits per heavy atom. The summed E-state index contributed by atoms with van der Waals surface area (Å²) in [6, 6.07) is 4.13. The van der Waals surface area contributed by atoms with Gasteiger partial charge in [0.15, 0.2) is 5.82 Å². The molecule has 18 heavy (non-hydrogen) atoms. The van der Waals surface area contributed by atoms with Gasteiger partial charge in [0.1, 0.15) is 0 Å². The molecular formula is C13H18N4O. The Kier molecular flexibility index (Phi) is 4.41. The lowest BCUT2D eigenvalue weighted by molar-refractivity contribution is 0.368. The van der Waals surface area contributed by atoms with Crippen molar-refractivity contribution >= 4 is 0 Å². The van der Waals surface area contributed by atoms with Crippen molar-refractivity contribution in [3.63, 3.8) is 0 Å². The zero-order chi connectivity index (χ0) is 12.8. The van der Waals surface area contributed by atoms with Crippen molar-refractivity contribution in [2.75, 3.05) is 0 Å². The van der Waals surface area contributed by atoms with Crippen LogP contribution in [-0.4, -0.2) is 21.2 Å². The SMILES string of the molecule is CC(N)CCCc1nc(Cc2cccnc2)no1. The van der Waals surface area contributed by atoms with Crippen LogP contribution in [0.4, 0.5) is 0 Å². The number of pyridine rings is 1. The van der Waals surface area contributed by atoms with E-state index in [1.807, 2.05) is 25.3 Å². The number of hydrogen-bond acceptors (Lipinski definition) is 5. The van der Waals surface area contributed by atoms with Gasteiger partial charge in [0.05, 0.1) is 0 Å². The Balaban J connectivity index is 1.86. The van der Waals surface area contributed by atoms with Crippen molar-refractivity contribution < 1.29 is 4.52 Å². The molecule has 2 N–H and O–H groups in total. The summed E-state index contributed by atoms with van der Waals surface area (Å²) < 4.78 is 5.20. The first-order chi connectivity index (χ1) is 8.74. The second kappa shape index (κ2) is 6.26. The zero-order valence-electron chi connectivity index (χ0n) is 10.5. The lowest BCUT2D eigenvalue weighted by Gasteiger charge is -2.00. The predicted octanol–water partition coefficient (Wildman–Crippen LogP) is 1.73. The van der Waals surface area contributed by atoms with Crippen LogP contribution in [0.1, 0.15) is 37.0 Å². The van der Waals surface area contributed by atoms with Crippen LogP contribution >= 0.6 is 0 Å². The number of aryl methyl sites for hydroxylation is 1. The first-order valence-electron chi connectivity index (χ1n) is 6.20. The Bertz CT molecular complexity index is 467. The third-order valence-corrected chi connectivity index (χ3v) is 2.65. The van der Waals surface area contributed by atoms with E-state index in [1.165, 1.54) is 0 Å². The summed E-state index contributed by atoms with van der Waals surface area (Å²) in [7, 11) is 0. The van der Waals surface area contributed by atoms with E-state index in [-0.39, 0.29) is 6.04 Å². The van der Waals surface area contributed by atoms with Crippen molar-refractivity contribution in [3.05, 3.63) is 41.8 Å². The normalized spacial score (nSPS) is 12.6. The highest BCUT2D eigenvalue weighted by atomic mass is 16.5.